The highest BCUT2D eigenvalue weighted by Gasteiger charge is 2.08. The van der Waals surface area contributed by atoms with Crippen molar-refractivity contribution in [3.05, 3.63) is 60.0 Å². The summed E-state index contributed by atoms with van der Waals surface area (Å²) in [6.07, 6.45) is 0. The molecule has 3 aromatic rings. The first kappa shape index (κ1) is 12.4. The summed E-state index contributed by atoms with van der Waals surface area (Å²) in [5.41, 5.74) is 7.73. The molecular weight excluding hydrogens is 255 g/mol. The van der Waals surface area contributed by atoms with Crippen molar-refractivity contribution in [3.63, 3.8) is 0 Å². The maximum absolute atomic E-state index is 13.1. The van der Waals surface area contributed by atoms with Gasteiger partial charge in [-0.1, -0.05) is 12.1 Å². The van der Waals surface area contributed by atoms with Gasteiger partial charge >= 0.3 is 0 Å². The number of aromatic nitrogens is 1. The molecule has 0 spiro atoms. The van der Waals surface area contributed by atoms with Crippen LogP contribution in [0.4, 0.5) is 10.1 Å². The normalized spacial score (nSPS) is 10.7. The van der Waals surface area contributed by atoms with Crippen molar-refractivity contribution >= 4 is 16.6 Å². The number of nitrogens with zero attached hydrogens (tertiary/aromatic N) is 1. The molecule has 0 atom stereocenters. The zero-order valence-electron chi connectivity index (χ0n) is 10.9. The molecule has 1 heterocycles. The first-order valence-electron chi connectivity index (χ1n) is 6.23. The number of aryl methyl sites for hydroxylation is 1. The maximum atomic E-state index is 13.1. The number of fused-ring (bicyclic) bond motifs is 1. The van der Waals surface area contributed by atoms with Crippen molar-refractivity contribution in [1.29, 1.82) is 0 Å². The molecular formula is C16H13FN2O. The molecule has 0 fully saturated rings. The van der Waals surface area contributed by atoms with Crippen LogP contribution in [-0.2, 0) is 0 Å². The minimum Gasteiger partial charge on any atom is -0.454 e. The minimum atomic E-state index is -0.384. The van der Waals surface area contributed by atoms with Crippen LogP contribution in [0.2, 0.25) is 0 Å². The van der Waals surface area contributed by atoms with Gasteiger partial charge in [0.2, 0.25) is 0 Å². The Morgan fingerprint density at radius 1 is 1.05 bits per heavy atom. The van der Waals surface area contributed by atoms with Gasteiger partial charge in [-0.05, 0) is 31.2 Å². The Bertz CT molecular complexity index is 787. The van der Waals surface area contributed by atoms with Crippen molar-refractivity contribution in [2.45, 2.75) is 6.92 Å². The molecule has 0 amide bonds. The first-order valence-corrected chi connectivity index (χ1v) is 6.23. The van der Waals surface area contributed by atoms with Crippen LogP contribution in [0.5, 0.6) is 11.5 Å². The SMILES string of the molecule is Cc1cc(Oc2ccc(F)cc2N)c2ccccc2n1. The van der Waals surface area contributed by atoms with Crippen LogP contribution < -0.4 is 10.5 Å². The average molecular weight is 268 g/mol. The number of para-hydroxylation sites is 1. The Hall–Kier alpha value is -2.62. The van der Waals surface area contributed by atoms with E-state index in [1.54, 1.807) is 0 Å². The second kappa shape index (κ2) is 4.81. The highest BCUT2D eigenvalue weighted by atomic mass is 19.1. The Labute approximate surface area is 115 Å². The lowest BCUT2D eigenvalue weighted by atomic mass is 10.2. The summed E-state index contributed by atoms with van der Waals surface area (Å²) < 4.78 is 18.9. The van der Waals surface area contributed by atoms with Gasteiger partial charge in [0.05, 0.1) is 11.2 Å². The minimum absolute atomic E-state index is 0.267. The van der Waals surface area contributed by atoms with Gasteiger partial charge in [0, 0.05) is 23.2 Å². The molecule has 0 saturated carbocycles. The third-order valence-electron chi connectivity index (χ3n) is 3.00. The number of nitrogens with two attached hydrogens (primary N) is 1. The quantitative estimate of drug-likeness (QED) is 0.713. The fourth-order valence-corrected chi connectivity index (χ4v) is 2.08. The standard InChI is InChI=1S/C16H13FN2O/c1-10-8-16(12-4-2-3-5-14(12)19-10)20-15-7-6-11(17)9-13(15)18/h2-9H,18H2,1H3. The molecule has 0 aliphatic rings. The van der Waals surface area contributed by atoms with E-state index in [1.165, 1.54) is 18.2 Å². The Morgan fingerprint density at radius 3 is 2.65 bits per heavy atom. The molecule has 4 heteroatoms. The second-order valence-corrected chi connectivity index (χ2v) is 4.56. The largest absolute Gasteiger partial charge is 0.454 e. The first-order chi connectivity index (χ1) is 9.63. The van der Waals surface area contributed by atoms with Gasteiger partial charge in [-0.3, -0.25) is 4.98 Å². The van der Waals surface area contributed by atoms with Crippen LogP contribution in [-0.4, -0.2) is 4.98 Å². The van der Waals surface area contributed by atoms with E-state index in [4.69, 9.17) is 10.5 Å². The Balaban J connectivity index is 2.10. The van der Waals surface area contributed by atoms with Gasteiger partial charge in [0.1, 0.15) is 11.6 Å². The summed E-state index contributed by atoms with van der Waals surface area (Å²) in [6, 6.07) is 13.6. The number of nitrogen functional groups attached to an aromatic ring is 1. The highest BCUT2D eigenvalue weighted by Crippen LogP contribution is 2.32. The fraction of sp³-hybridized carbons (Fsp3) is 0.0625. The number of rotatable bonds is 2. The lowest BCUT2D eigenvalue weighted by Crippen LogP contribution is -1.95. The van der Waals surface area contributed by atoms with Crippen molar-refractivity contribution in [1.82, 2.24) is 4.98 Å². The van der Waals surface area contributed by atoms with Gasteiger partial charge in [-0.25, -0.2) is 4.39 Å². The van der Waals surface area contributed by atoms with Gasteiger partial charge in [-0.2, -0.15) is 0 Å². The molecule has 0 aliphatic carbocycles. The van der Waals surface area contributed by atoms with Crippen molar-refractivity contribution in [2.75, 3.05) is 5.73 Å². The van der Waals surface area contributed by atoms with Gasteiger partial charge in [0.25, 0.3) is 0 Å². The zero-order chi connectivity index (χ0) is 14.1. The van der Waals surface area contributed by atoms with E-state index in [1.807, 2.05) is 37.3 Å². The van der Waals surface area contributed by atoms with Crippen LogP contribution in [0.25, 0.3) is 10.9 Å². The summed E-state index contributed by atoms with van der Waals surface area (Å²) in [7, 11) is 0. The number of halogens is 1. The molecule has 0 unspecified atom stereocenters. The predicted octanol–water partition coefficient (Wildman–Crippen LogP) is 4.06. The summed E-state index contributed by atoms with van der Waals surface area (Å²) in [5, 5.41) is 0.891. The molecule has 0 aliphatic heterocycles. The lowest BCUT2D eigenvalue weighted by molar-refractivity contribution is 0.488. The molecule has 100 valence electrons. The number of pyridine rings is 1. The van der Waals surface area contributed by atoms with Crippen LogP contribution in [0.3, 0.4) is 0 Å². The van der Waals surface area contributed by atoms with Crippen LogP contribution >= 0.6 is 0 Å². The number of benzene rings is 2. The van der Waals surface area contributed by atoms with Gasteiger partial charge < -0.3 is 10.5 Å². The highest BCUT2D eigenvalue weighted by molar-refractivity contribution is 5.85. The molecule has 2 aromatic carbocycles. The predicted molar refractivity (Wildman–Crippen MR) is 77.4 cm³/mol. The van der Waals surface area contributed by atoms with Crippen LogP contribution in [0.1, 0.15) is 5.69 Å². The van der Waals surface area contributed by atoms with Crippen LogP contribution in [0.15, 0.2) is 48.5 Å². The maximum Gasteiger partial charge on any atom is 0.150 e. The fourth-order valence-electron chi connectivity index (χ4n) is 2.08. The molecule has 0 saturated heterocycles. The number of ether oxygens (including phenoxy) is 1. The van der Waals surface area contributed by atoms with E-state index in [9.17, 15) is 4.39 Å². The summed E-state index contributed by atoms with van der Waals surface area (Å²) in [6.45, 7) is 1.90. The Kier molecular flexibility index (Phi) is 2.99. The number of hydrogen-bond acceptors (Lipinski definition) is 3. The molecule has 1 aromatic heterocycles. The average Bonchev–Trinajstić information content (AvgIpc) is 2.41. The molecule has 3 rings (SSSR count). The van der Waals surface area contributed by atoms with Crippen molar-refractivity contribution in [2.24, 2.45) is 0 Å². The van der Waals surface area contributed by atoms with Crippen LogP contribution in [0, 0.1) is 12.7 Å². The Morgan fingerprint density at radius 2 is 1.85 bits per heavy atom. The third kappa shape index (κ3) is 2.28. The summed E-state index contributed by atoms with van der Waals surface area (Å²) >= 11 is 0. The summed E-state index contributed by atoms with van der Waals surface area (Å²) in [5.74, 6) is 0.708. The number of anilines is 1. The lowest BCUT2D eigenvalue weighted by Gasteiger charge is -2.11. The van der Waals surface area contributed by atoms with E-state index in [-0.39, 0.29) is 11.5 Å². The monoisotopic (exact) mass is 268 g/mol. The van der Waals surface area contributed by atoms with E-state index >= 15 is 0 Å². The second-order valence-electron chi connectivity index (χ2n) is 4.56. The van der Waals surface area contributed by atoms with E-state index in [0.29, 0.717) is 11.5 Å². The molecule has 2 N–H and O–H groups in total. The molecule has 0 bridgehead atoms. The number of hydrogen-bond donors (Lipinski definition) is 1. The smallest absolute Gasteiger partial charge is 0.150 e. The third-order valence-corrected chi connectivity index (χ3v) is 3.00. The van der Waals surface area contributed by atoms with Gasteiger partial charge in [0.15, 0.2) is 5.75 Å². The van der Waals surface area contributed by atoms with E-state index in [2.05, 4.69) is 4.98 Å². The van der Waals surface area contributed by atoms with E-state index < -0.39 is 0 Å². The van der Waals surface area contributed by atoms with Gasteiger partial charge in [-0.15, -0.1) is 0 Å². The molecule has 0 radical (unpaired) electrons. The summed E-state index contributed by atoms with van der Waals surface area (Å²) in [4.78, 5) is 4.44. The topological polar surface area (TPSA) is 48.1 Å². The molecule has 20 heavy (non-hydrogen) atoms. The molecule has 3 nitrogen and oxygen atoms in total. The van der Waals surface area contributed by atoms with Crippen molar-refractivity contribution in [3.8, 4) is 11.5 Å². The van der Waals surface area contributed by atoms with E-state index in [0.717, 1.165) is 16.6 Å². The van der Waals surface area contributed by atoms with Crippen molar-refractivity contribution < 1.29 is 9.13 Å². The zero-order valence-corrected chi connectivity index (χ0v) is 10.9.